The first kappa shape index (κ1) is 13.4. The Balaban J connectivity index is 0.000000379. The van der Waals surface area contributed by atoms with Crippen molar-refractivity contribution in [1.29, 1.82) is 0 Å². The maximum atomic E-state index is 3.53. The molecule has 0 amide bonds. The van der Waals surface area contributed by atoms with Crippen molar-refractivity contribution in [3.63, 3.8) is 0 Å². The van der Waals surface area contributed by atoms with Crippen molar-refractivity contribution < 1.29 is 0 Å². The van der Waals surface area contributed by atoms with Crippen LogP contribution in [0.2, 0.25) is 0 Å². The van der Waals surface area contributed by atoms with Gasteiger partial charge < -0.3 is 0 Å². The molecule has 0 heterocycles. The highest BCUT2D eigenvalue weighted by Gasteiger charge is 1.85. The highest BCUT2D eigenvalue weighted by Crippen LogP contribution is 2.11. The monoisotopic (exact) mass is 224 g/mol. The van der Waals surface area contributed by atoms with Gasteiger partial charge in [-0.05, 0) is 23.3 Å². The highest BCUT2D eigenvalue weighted by molar-refractivity contribution is 7.79. The van der Waals surface area contributed by atoms with Crippen molar-refractivity contribution >= 4 is 36.0 Å². The summed E-state index contributed by atoms with van der Waals surface area (Å²) >= 11 is 7.06. The molecule has 0 atom stereocenters. The summed E-state index contributed by atoms with van der Waals surface area (Å²) in [6, 6.07) is 16.7. The fourth-order valence-corrected chi connectivity index (χ4v) is 1.13. The summed E-state index contributed by atoms with van der Waals surface area (Å²) in [5.74, 6) is 0. The molecule has 0 aliphatic heterocycles. The van der Waals surface area contributed by atoms with E-state index in [2.05, 4.69) is 73.8 Å². The first-order chi connectivity index (χ1) is 6.97. The van der Waals surface area contributed by atoms with Gasteiger partial charge in [0.1, 0.15) is 0 Å². The summed E-state index contributed by atoms with van der Waals surface area (Å²) in [5.41, 5.74) is 0. The molecule has 14 heavy (non-hydrogen) atoms. The molecular weight excluding hydrogens is 208 g/mol. The van der Waals surface area contributed by atoms with E-state index in [0.717, 1.165) is 0 Å². The molecule has 0 bridgehead atoms. The summed E-state index contributed by atoms with van der Waals surface area (Å²) < 4.78 is 0. The fraction of sp³-hybridized carbons (Fsp3) is 0.167. The van der Waals surface area contributed by atoms with E-state index in [9.17, 15) is 0 Å². The number of hydrogen-bond donors (Lipinski definition) is 2. The second kappa shape index (κ2) is 8.97. The lowest BCUT2D eigenvalue weighted by Gasteiger charge is -1.92. The Labute approximate surface area is 97.2 Å². The van der Waals surface area contributed by atoms with Crippen molar-refractivity contribution in [3.8, 4) is 0 Å². The van der Waals surface area contributed by atoms with Gasteiger partial charge in [-0.1, -0.05) is 48.5 Å². The number of thiol groups is 2. The molecule has 0 aliphatic rings. The maximum Gasteiger partial charge on any atom is -0.0184 e. The first-order valence-electron chi connectivity index (χ1n) is 4.30. The predicted octanol–water partition coefficient (Wildman–Crippen LogP) is 3.93. The first-order valence-corrected chi connectivity index (χ1v) is 6.09. The minimum Gasteiger partial charge on any atom is -0.183 e. The Bertz CT molecular complexity index is 279. The zero-order valence-corrected chi connectivity index (χ0v) is 10.3. The summed E-state index contributed by atoms with van der Waals surface area (Å²) in [5, 5.41) is 2.62. The van der Waals surface area contributed by atoms with Gasteiger partial charge >= 0.3 is 0 Å². The van der Waals surface area contributed by atoms with Crippen LogP contribution in [0, 0.1) is 0 Å². The van der Waals surface area contributed by atoms with E-state index in [1.165, 1.54) is 10.8 Å². The normalized spacial score (nSPS) is 8.00. The van der Waals surface area contributed by atoms with Gasteiger partial charge in [-0.15, -0.1) is 0 Å². The van der Waals surface area contributed by atoms with Crippen LogP contribution in [0.15, 0.2) is 48.5 Å². The molecule has 0 radical (unpaired) electrons. The van der Waals surface area contributed by atoms with Crippen LogP contribution in [0.3, 0.4) is 0 Å². The van der Waals surface area contributed by atoms with E-state index in [0.29, 0.717) is 0 Å². The largest absolute Gasteiger partial charge is 0.183 e. The predicted molar refractivity (Wildman–Crippen MR) is 73.8 cm³/mol. The van der Waals surface area contributed by atoms with Crippen molar-refractivity contribution in [2.45, 2.75) is 0 Å². The molecule has 2 heteroatoms. The highest BCUT2D eigenvalue weighted by atomic mass is 32.1. The second-order valence-corrected chi connectivity index (χ2v) is 2.35. The lowest BCUT2D eigenvalue weighted by atomic mass is 10.1. The van der Waals surface area contributed by atoms with E-state index in [4.69, 9.17) is 0 Å². The van der Waals surface area contributed by atoms with Crippen LogP contribution >= 0.6 is 25.3 Å². The van der Waals surface area contributed by atoms with Gasteiger partial charge in [0, 0.05) is 0 Å². The minimum absolute atomic E-state index is 1.31. The zero-order chi connectivity index (χ0) is 10.8. The molecule has 0 spiro atoms. The number of hydrogen-bond acceptors (Lipinski definition) is 2. The van der Waals surface area contributed by atoms with Gasteiger partial charge in [0.25, 0.3) is 0 Å². The lowest BCUT2D eigenvalue weighted by molar-refractivity contribution is 1.75. The van der Waals surface area contributed by atoms with Crippen molar-refractivity contribution in [3.05, 3.63) is 48.5 Å². The second-order valence-electron chi connectivity index (χ2n) is 2.35. The molecule has 0 aromatic heterocycles. The molecule has 0 saturated carbocycles. The molecule has 0 aliphatic carbocycles. The van der Waals surface area contributed by atoms with Gasteiger partial charge in [0.2, 0.25) is 0 Å². The van der Waals surface area contributed by atoms with E-state index < -0.39 is 0 Å². The van der Waals surface area contributed by atoms with E-state index in [1.807, 2.05) is 0 Å². The molecule has 0 N–H and O–H groups in total. The van der Waals surface area contributed by atoms with Crippen molar-refractivity contribution in [2.75, 3.05) is 12.5 Å². The van der Waals surface area contributed by atoms with Gasteiger partial charge in [0.15, 0.2) is 0 Å². The SMILES string of the molecule is CS.CS.c1ccc2ccccc2c1. The quantitative estimate of drug-likeness (QED) is 0.622. The van der Waals surface area contributed by atoms with Gasteiger partial charge in [-0.25, -0.2) is 0 Å². The van der Waals surface area contributed by atoms with Crippen molar-refractivity contribution in [2.24, 2.45) is 0 Å². The Morgan fingerprint density at radius 2 is 0.786 bits per heavy atom. The van der Waals surface area contributed by atoms with Crippen LogP contribution in [-0.2, 0) is 0 Å². The lowest BCUT2D eigenvalue weighted by Crippen LogP contribution is -1.67. The minimum atomic E-state index is 1.31. The Hall–Kier alpha value is -0.600. The maximum absolute atomic E-state index is 3.53. The van der Waals surface area contributed by atoms with Gasteiger partial charge in [-0.3, -0.25) is 0 Å². The fourth-order valence-electron chi connectivity index (χ4n) is 1.13. The smallest absolute Gasteiger partial charge is 0.0184 e. The van der Waals surface area contributed by atoms with Crippen molar-refractivity contribution in [1.82, 2.24) is 0 Å². The van der Waals surface area contributed by atoms with Gasteiger partial charge in [-0.2, -0.15) is 25.3 Å². The standard InChI is InChI=1S/C10H8.2CH4S/c1-2-6-10-8-4-3-7-9(10)5-1;2*1-2/h1-8H;2*2H,1H3. The third kappa shape index (κ3) is 4.07. The Kier molecular flexibility index (Phi) is 8.59. The molecule has 2 aromatic rings. The van der Waals surface area contributed by atoms with Crippen LogP contribution < -0.4 is 0 Å². The Morgan fingerprint density at radius 3 is 1.00 bits per heavy atom. The summed E-state index contributed by atoms with van der Waals surface area (Å²) in [6.45, 7) is 0. The molecule has 0 saturated heterocycles. The zero-order valence-electron chi connectivity index (χ0n) is 8.51. The molecule has 76 valence electrons. The number of fused-ring (bicyclic) bond motifs is 1. The topological polar surface area (TPSA) is 0 Å². The molecule has 0 fully saturated rings. The summed E-state index contributed by atoms with van der Waals surface area (Å²) in [6.07, 6.45) is 3.39. The van der Waals surface area contributed by atoms with Gasteiger partial charge in [0.05, 0.1) is 0 Å². The van der Waals surface area contributed by atoms with Crippen LogP contribution in [0.5, 0.6) is 0 Å². The van der Waals surface area contributed by atoms with E-state index in [-0.39, 0.29) is 0 Å². The third-order valence-electron chi connectivity index (χ3n) is 1.66. The molecule has 0 unspecified atom stereocenters. The molecular formula is C12H16S2. The summed E-state index contributed by atoms with van der Waals surface area (Å²) in [7, 11) is 0. The molecule has 2 aromatic carbocycles. The van der Waals surface area contributed by atoms with Crippen LogP contribution in [0.1, 0.15) is 0 Å². The molecule has 0 nitrogen and oxygen atoms in total. The Morgan fingerprint density at radius 1 is 0.571 bits per heavy atom. The van der Waals surface area contributed by atoms with Crippen LogP contribution in [-0.4, -0.2) is 12.5 Å². The van der Waals surface area contributed by atoms with E-state index in [1.54, 1.807) is 12.5 Å². The number of benzene rings is 2. The number of rotatable bonds is 0. The van der Waals surface area contributed by atoms with Crippen LogP contribution in [0.4, 0.5) is 0 Å². The average molecular weight is 224 g/mol. The van der Waals surface area contributed by atoms with Crippen LogP contribution in [0.25, 0.3) is 10.8 Å². The van der Waals surface area contributed by atoms with E-state index >= 15 is 0 Å². The summed E-state index contributed by atoms with van der Waals surface area (Å²) in [4.78, 5) is 0. The molecule has 2 rings (SSSR count). The average Bonchev–Trinajstić information content (AvgIpc) is 2.34. The third-order valence-corrected chi connectivity index (χ3v) is 1.66.